The van der Waals surface area contributed by atoms with Crippen LogP contribution in [0.2, 0.25) is 5.02 Å². The number of halogens is 3. The van der Waals surface area contributed by atoms with Gasteiger partial charge in [0.1, 0.15) is 0 Å². The van der Waals surface area contributed by atoms with Crippen molar-refractivity contribution < 1.29 is 23.0 Å². The third-order valence-corrected chi connectivity index (χ3v) is 5.97. The number of methoxy groups -OCH3 is 1. The Balaban J connectivity index is 1.46. The molecule has 4 rings (SSSR count). The number of rotatable bonds is 9. The summed E-state index contributed by atoms with van der Waals surface area (Å²) < 4.78 is 36.6. The summed E-state index contributed by atoms with van der Waals surface area (Å²) in [5, 5.41) is 8.01. The van der Waals surface area contributed by atoms with Crippen LogP contribution in [0.25, 0.3) is 5.69 Å². The van der Waals surface area contributed by atoms with Crippen LogP contribution in [0, 0.1) is 6.92 Å². The Morgan fingerprint density at radius 1 is 1.24 bits per heavy atom. The van der Waals surface area contributed by atoms with E-state index in [1.165, 1.54) is 13.2 Å². The minimum atomic E-state index is -2.95. The zero-order valence-corrected chi connectivity index (χ0v) is 19.0. The predicted octanol–water partition coefficient (Wildman–Crippen LogP) is 5.29. The van der Waals surface area contributed by atoms with Crippen LogP contribution >= 0.6 is 11.6 Å². The van der Waals surface area contributed by atoms with Crippen LogP contribution in [0.1, 0.15) is 45.9 Å². The standard InChI is InChI=1S/C24H24ClF2N3O3/c1-14-3-7-17(12-19(14)25)30-22(16-5-6-16)18(13-29-30)23(31)28-10-9-15-4-8-20(32-2)21(11-15)33-24(26)27/h3-4,7-8,11-13,16,24H,5-6,9-10H2,1-2H3,(H,28,31). The first kappa shape index (κ1) is 23.0. The Bertz CT molecular complexity index is 1160. The first-order valence-corrected chi connectivity index (χ1v) is 11.0. The van der Waals surface area contributed by atoms with Crippen molar-refractivity contribution in [2.75, 3.05) is 13.7 Å². The molecular formula is C24H24ClF2N3O3. The largest absolute Gasteiger partial charge is 0.493 e. The van der Waals surface area contributed by atoms with E-state index in [2.05, 4.69) is 15.2 Å². The Hall–Kier alpha value is -3.13. The van der Waals surface area contributed by atoms with Gasteiger partial charge in [-0.15, -0.1) is 0 Å². The molecule has 1 aliphatic rings. The minimum Gasteiger partial charge on any atom is -0.493 e. The zero-order chi connectivity index (χ0) is 23.5. The van der Waals surface area contributed by atoms with Gasteiger partial charge < -0.3 is 14.8 Å². The summed E-state index contributed by atoms with van der Waals surface area (Å²) in [6, 6.07) is 10.5. The number of aromatic nitrogens is 2. The lowest BCUT2D eigenvalue weighted by molar-refractivity contribution is -0.0512. The lowest BCUT2D eigenvalue weighted by Crippen LogP contribution is -2.26. The molecule has 0 atom stereocenters. The van der Waals surface area contributed by atoms with Crippen molar-refractivity contribution in [2.45, 2.75) is 38.7 Å². The van der Waals surface area contributed by atoms with Gasteiger partial charge in [0.25, 0.3) is 5.91 Å². The van der Waals surface area contributed by atoms with Gasteiger partial charge in [0.15, 0.2) is 11.5 Å². The van der Waals surface area contributed by atoms with Gasteiger partial charge in [0, 0.05) is 17.5 Å². The number of nitrogens with zero attached hydrogens (tertiary/aromatic N) is 2. The molecule has 174 valence electrons. The molecular weight excluding hydrogens is 452 g/mol. The lowest BCUT2D eigenvalue weighted by Gasteiger charge is -2.12. The number of carbonyl (C=O) groups is 1. The minimum absolute atomic E-state index is 0.0367. The van der Waals surface area contributed by atoms with Crippen molar-refractivity contribution >= 4 is 17.5 Å². The van der Waals surface area contributed by atoms with Crippen LogP contribution < -0.4 is 14.8 Å². The summed E-state index contributed by atoms with van der Waals surface area (Å²) in [4.78, 5) is 12.9. The number of amides is 1. The van der Waals surface area contributed by atoms with E-state index in [0.717, 1.165) is 35.3 Å². The quantitative estimate of drug-likeness (QED) is 0.456. The SMILES string of the molecule is COc1ccc(CCNC(=O)c2cnn(-c3ccc(C)c(Cl)c3)c2C2CC2)cc1OC(F)F. The van der Waals surface area contributed by atoms with Crippen molar-refractivity contribution in [3.05, 3.63) is 70.0 Å². The average Bonchev–Trinajstić information content (AvgIpc) is 3.53. The highest BCUT2D eigenvalue weighted by atomic mass is 35.5. The summed E-state index contributed by atoms with van der Waals surface area (Å²) in [7, 11) is 1.38. The molecule has 1 aliphatic carbocycles. The van der Waals surface area contributed by atoms with Crippen molar-refractivity contribution in [3.63, 3.8) is 0 Å². The summed E-state index contributed by atoms with van der Waals surface area (Å²) >= 11 is 6.29. The van der Waals surface area contributed by atoms with Gasteiger partial charge in [-0.3, -0.25) is 4.79 Å². The number of benzene rings is 2. The molecule has 2 aromatic carbocycles. The van der Waals surface area contributed by atoms with Crippen molar-refractivity contribution in [3.8, 4) is 17.2 Å². The molecule has 0 unspecified atom stereocenters. The van der Waals surface area contributed by atoms with Gasteiger partial charge in [0.2, 0.25) is 0 Å². The molecule has 3 aromatic rings. The van der Waals surface area contributed by atoms with E-state index >= 15 is 0 Å². The summed E-state index contributed by atoms with van der Waals surface area (Å²) in [6.45, 7) is -0.693. The maximum atomic E-state index is 12.9. The Morgan fingerprint density at radius 3 is 2.70 bits per heavy atom. The molecule has 1 aromatic heterocycles. The molecule has 1 saturated carbocycles. The molecule has 0 radical (unpaired) electrons. The fraction of sp³-hybridized carbons (Fsp3) is 0.333. The van der Waals surface area contributed by atoms with Gasteiger partial charge in [-0.25, -0.2) is 4.68 Å². The number of aryl methyl sites for hydroxylation is 1. The number of carbonyl (C=O) groups excluding carboxylic acids is 1. The topological polar surface area (TPSA) is 65.4 Å². The second-order valence-electron chi connectivity index (χ2n) is 7.93. The molecule has 0 aliphatic heterocycles. The van der Waals surface area contributed by atoms with Crippen LogP contribution in [0.5, 0.6) is 11.5 Å². The first-order valence-electron chi connectivity index (χ1n) is 10.6. The molecule has 0 saturated heterocycles. The van der Waals surface area contributed by atoms with Crippen molar-refractivity contribution in [2.24, 2.45) is 0 Å². The molecule has 6 nitrogen and oxygen atoms in total. The highest BCUT2D eigenvalue weighted by Crippen LogP contribution is 2.42. The molecule has 0 spiro atoms. The number of nitrogens with one attached hydrogen (secondary N) is 1. The third kappa shape index (κ3) is 5.27. The van der Waals surface area contributed by atoms with Crippen LogP contribution in [-0.4, -0.2) is 36.0 Å². The third-order valence-electron chi connectivity index (χ3n) is 5.56. The molecule has 1 fully saturated rings. The fourth-order valence-corrected chi connectivity index (χ4v) is 3.86. The maximum absolute atomic E-state index is 12.9. The molecule has 1 amide bonds. The normalized spacial score (nSPS) is 13.3. The molecule has 9 heteroatoms. The van der Waals surface area contributed by atoms with E-state index in [1.54, 1.807) is 23.0 Å². The second kappa shape index (κ2) is 9.79. The monoisotopic (exact) mass is 475 g/mol. The Labute approximate surface area is 195 Å². The van der Waals surface area contributed by atoms with Crippen LogP contribution in [0.3, 0.4) is 0 Å². The van der Waals surface area contributed by atoms with Gasteiger partial charge in [-0.05, 0) is 61.6 Å². The van der Waals surface area contributed by atoms with Gasteiger partial charge in [-0.1, -0.05) is 23.7 Å². The fourth-order valence-electron chi connectivity index (χ4n) is 3.68. The number of ether oxygens (including phenoxy) is 2. The Morgan fingerprint density at radius 2 is 2.03 bits per heavy atom. The van der Waals surface area contributed by atoms with Gasteiger partial charge in [-0.2, -0.15) is 13.9 Å². The van der Waals surface area contributed by atoms with E-state index in [9.17, 15) is 13.6 Å². The lowest BCUT2D eigenvalue weighted by atomic mass is 10.1. The van der Waals surface area contributed by atoms with Crippen LogP contribution in [-0.2, 0) is 6.42 Å². The summed E-state index contributed by atoms with van der Waals surface area (Å²) in [5.74, 6) is 0.245. The summed E-state index contributed by atoms with van der Waals surface area (Å²) in [6.07, 6.45) is 4.03. The number of hydrogen-bond donors (Lipinski definition) is 1. The van der Waals surface area contributed by atoms with Gasteiger partial charge in [0.05, 0.1) is 30.3 Å². The number of hydrogen-bond acceptors (Lipinski definition) is 4. The second-order valence-corrected chi connectivity index (χ2v) is 8.34. The average molecular weight is 476 g/mol. The molecule has 0 bridgehead atoms. The smallest absolute Gasteiger partial charge is 0.387 e. The van der Waals surface area contributed by atoms with Crippen LogP contribution in [0.4, 0.5) is 8.78 Å². The van der Waals surface area contributed by atoms with Crippen LogP contribution in [0.15, 0.2) is 42.6 Å². The van der Waals surface area contributed by atoms with E-state index in [1.807, 2.05) is 25.1 Å². The van der Waals surface area contributed by atoms with E-state index in [-0.39, 0.29) is 23.3 Å². The predicted molar refractivity (Wildman–Crippen MR) is 121 cm³/mol. The van der Waals surface area contributed by atoms with Crippen molar-refractivity contribution in [1.82, 2.24) is 15.1 Å². The summed E-state index contributed by atoms with van der Waals surface area (Å²) in [5.41, 5.74) is 3.93. The molecule has 1 N–H and O–H groups in total. The van der Waals surface area contributed by atoms with E-state index < -0.39 is 6.61 Å². The molecule has 33 heavy (non-hydrogen) atoms. The zero-order valence-electron chi connectivity index (χ0n) is 18.3. The molecule has 1 heterocycles. The number of alkyl halides is 2. The van der Waals surface area contributed by atoms with E-state index in [4.69, 9.17) is 16.3 Å². The van der Waals surface area contributed by atoms with Gasteiger partial charge >= 0.3 is 6.61 Å². The maximum Gasteiger partial charge on any atom is 0.387 e. The van der Waals surface area contributed by atoms with Crippen molar-refractivity contribution in [1.29, 1.82) is 0 Å². The highest BCUT2D eigenvalue weighted by Gasteiger charge is 2.33. The first-order chi connectivity index (χ1) is 15.9. The Kier molecular flexibility index (Phi) is 6.83. The highest BCUT2D eigenvalue weighted by molar-refractivity contribution is 6.31. The van der Waals surface area contributed by atoms with E-state index in [0.29, 0.717) is 23.6 Å².